The third kappa shape index (κ3) is 274. The third-order valence-electron chi connectivity index (χ3n) is 0. The van der Waals surface area contributed by atoms with E-state index in [1.54, 1.807) is 0 Å². The summed E-state index contributed by atoms with van der Waals surface area (Å²) in [5.74, 6) is 0. The van der Waals surface area contributed by atoms with Crippen LogP contribution in [0.1, 0.15) is 0 Å². The molecule has 1 radical (unpaired) electrons. The molecule has 0 aromatic heterocycles. The van der Waals surface area contributed by atoms with Gasteiger partial charge in [-0.2, -0.15) is 10.5 Å². The molecule has 0 saturated carbocycles. The molecule has 0 aromatic carbocycles. The fourth-order valence-corrected chi connectivity index (χ4v) is 0. The number of nitrogens with zero attached hydrogens (tertiary/aromatic N) is 2. The molecule has 0 amide bonds. The quantitative estimate of drug-likeness (QED) is 0.408. The molecule has 5 heteroatoms. The van der Waals surface area contributed by atoms with Gasteiger partial charge in [-0.1, -0.05) is 0 Å². The number of aliphatic hydroxyl groups excluding tert-OH is 2. The van der Waals surface area contributed by atoms with Gasteiger partial charge in [0.2, 0.25) is 0 Å². The molecule has 51 valence electrons. The van der Waals surface area contributed by atoms with Crippen LogP contribution in [-0.2, 0) is 18.6 Å². The normalized spacial score (nSPS) is 1.56. The summed E-state index contributed by atoms with van der Waals surface area (Å²) in [6.45, 7) is 0. The average molecular weight is 167 g/mol. The van der Waals surface area contributed by atoms with Gasteiger partial charge >= 0.3 is 18.6 Å². The Bertz CT molecular complexity index is 71.5. The molecular formula is C4H8N2O2V. The minimum Gasteiger partial charge on any atom is -0.443 e. The molecule has 0 aliphatic rings. The predicted molar refractivity (Wildman–Crippen MR) is 27.9 cm³/mol. The number of aliphatic hydroxyl groups is 2. The Labute approximate surface area is 67.2 Å². The van der Waals surface area contributed by atoms with Crippen LogP contribution in [0.15, 0.2) is 0 Å². The van der Waals surface area contributed by atoms with Gasteiger partial charge in [-0.15, -0.1) is 0 Å². The summed E-state index contributed by atoms with van der Waals surface area (Å²) in [7, 11) is 0. The molecular weight excluding hydrogens is 159 g/mol. The Morgan fingerprint density at radius 3 is 0.889 bits per heavy atom. The Kier molecular flexibility index (Phi) is 934. The molecule has 9 heavy (non-hydrogen) atoms. The average Bonchev–Trinajstić information content (AvgIpc) is 1.39. The summed E-state index contributed by atoms with van der Waals surface area (Å²) in [4.78, 5) is 0. The zero-order chi connectivity index (χ0) is 5.41. The summed E-state index contributed by atoms with van der Waals surface area (Å²) in [5.41, 5.74) is 0. The van der Waals surface area contributed by atoms with Gasteiger partial charge in [0, 0.05) is 0 Å². The van der Waals surface area contributed by atoms with Gasteiger partial charge < -0.3 is 25.1 Å². The minimum absolute atomic E-state index is 0. The fraction of sp³-hybridized carbons (Fsp3) is 0. The monoisotopic (exact) mass is 167 g/mol. The summed E-state index contributed by atoms with van der Waals surface area (Å²) < 4.78 is 0. The third-order valence-corrected chi connectivity index (χ3v) is 0. The summed E-state index contributed by atoms with van der Waals surface area (Å²) in [5, 5.41) is 27.5. The van der Waals surface area contributed by atoms with Crippen molar-refractivity contribution in [1.82, 2.24) is 0 Å². The molecule has 0 fully saturated rings. The first-order chi connectivity index (χ1) is 2.83. The van der Waals surface area contributed by atoms with Crippen LogP contribution in [0, 0.1) is 37.9 Å². The first-order valence-electron chi connectivity index (χ1n) is 0.894. The Balaban J connectivity index is -0.00000000889. The molecule has 0 spiro atoms. The van der Waals surface area contributed by atoms with Crippen molar-refractivity contribution in [2.45, 2.75) is 0 Å². The van der Waals surface area contributed by atoms with E-state index in [0.717, 1.165) is 12.5 Å². The van der Waals surface area contributed by atoms with Crippen LogP contribution in [-0.4, -0.2) is 10.2 Å². The summed E-state index contributed by atoms with van der Waals surface area (Å²) in [6, 6.07) is 0. The van der Waals surface area contributed by atoms with Crippen LogP contribution in [0.3, 0.4) is 0 Å². The van der Waals surface area contributed by atoms with Gasteiger partial charge in [0.25, 0.3) is 12.5 Å². The standard InChI is InChI=1S/2CHNO.2CH3.V/c2*2-1-3;;;/h2*3H;2*1H3;/q;;2*-1;+2. The zero-order valence-corrected chi connectivity index (χ0v) is 6.63. The van der Waals surface area contributed by atoms with E-state index in [2.05, 4.69) is 0 Å². The zero-order valence-electron chi connectivity index (χ0n) is 5.24. The Morgan fingerprint density at radius 1 is 0.889 bits per heavy atom. The topological polar surface area (TPSA) is 88.0 Å². The summed E-state index contributed by atoms with van der Waals surface area (Å²) >= 11 is 0. The molecule has 0 heterocycles. The van der Waals surface area contributed by atoms with Crippen LogP contribution < -0.4 is 0 Å². The van der Waals surface area contributed by atoms with E-state index in [1.165, 1.54) is 0 Å². The van der Waals surface area contributed by atoms with Gasteiger partial charge in [-0.05, 0) is 0 Å². The first-order valence-corrected chi connectivity index (χ1v) is 0.894. The van der Waals surface area contributed by atoms with Crippen LogP contribution in [0.25, 0.3) is 0 Å². The van der Waals surface area contributed by atoms with Gasteiger partial charge in [-0.3, -0.25) is 0 Å². The van der Waals surface area contributed by atoms with E-state index in [0.29, 0.717) is 0 Å². The largest absolute Gasteiger partial charge is 2.00 e. The first kappa shape index (κ1) is 41.9. The van der Waals surface area contributed by atoms with Gasteiger partial charge in [0.15, 0.2) is 0 Å². The van der Waals surface area contributed by atoms with Crippen molar-refractivity contribution in [2.24, 2.45) is 0 Å². The van der Waals surface area contributed by atoms with Crippen molar-refractivity contribution in [2.75, 3.05) is 0 Å². The van der Waals surface area contributed by atoms with Crippen molar-refractivity contribution in [3.05, 3.63) is 14.9 Å². The van der Waals surface area contributed by atoms with Crippen molar-refractivity contribution < 1.29 is 28.8 Å². The van der Waals surface area contributed by atoms with E-state index in [9.17, 15) is 0 Å². The van der Waals surface area contributed by atoms with Crippen molar-refractivity contribution in [3.8, 4) is 12.5 Å². The van der Waals surface area contributed by atoms with Crippen molar-refractivity contribution in [3.63, 3.8) is 0 Å². The molecule has 0 rings (SSSR count). The minimum atomic E-state index is 0. The SMILES string of the molecule is N#CO.N#CO.[CH3-].[CH3-].[V+2]. The van der Waals surface area contributed by atoms with E-state index >= 15 is 0 Å². The molecule has 0 aliphatic carbocycles. The molecule has 0 aromatic rings. The maximum atomic E-state index is 6.88. The van der Waals surface area contributed by atoms with E-state index in [-0.39, 0.29) is 33.4 Å². The van der Waals surface area contributed by atoms with Crippen molar-refractivity contribution in [1.29, 1.82) is 10.5 Å². The summed E-state index contributed by atoms with van der Waals surface area (Å²) in [6.07, 6.45) is 1.50. The molecule has 0 bridgehead atoms. The van der Waals surface area contributed by atoms with Crippen LogP contribution in [0.4, 0.5) is 0 Å². The van der Waals surface area contributed by atoms with E-state index in [4.69, 9.17) is 20.7 Å². The number of nitriles is 2. The molecule has 0 aliphatic heterocycles. The second kappa shape index (κ2) is 201. The number of rotatable bonds is 0. The van der Waals surface area contributed by atoms with Crippen molar-refractivity contribution >= 4 is 0 Å². The predicted octanol–water partition coefficient (Wildman–Crippen LogP) is 0.578. The second-order valence-corrected chi connectivity index (χ2v) is 0.200. The van der Waals surface area contributed by atoms with Crippen LogP contribution in [0.5, 0.6) is 0 Å². The maximum Gasteiger partial charge on any atom is 2.00 e. The number of hydrogen-bond acceptors (Lipinski definition) is 4. The Hall–Kier alpha value is -0.836. The fourth-order valence-electron chi connectivity index (χ4n) is 0. The number of hydrogen-bond donors (Lipinski definition) is 2. The maximum absolute atomic E-state index is 6.88. The van der Waals surface area contributed by atoms with Crippen LogP contribution >= 0.6 is 0 Å². The van der Waals surface area contributed by atoms with Gasteiger partial charge in [0.05, 0.1) is 0 Å². The molecule has 4 nitrogen and oxygen atoms in total. The second-order valence-electron chi connectivity index (χ2n) is 0.200. The van der Waals surface area contributed by atoms with Crippen LogP contribution in [0.2, 0.25) is 0 Å². The van der Waals surface area contributed by atoms with Gasteiger partial charge in [-0.25, -0.2) is 0 Å². The molecule has 0 unspecified atom stereocenters. The smallest absolute Gasteiger partial charge is 0.443 e. The molecule has 0 atom stereocenters. The van der Waals surface area contributed by atoms with Gasteiger partial charge in [0.1, 0.15) is 0 Å². The molecule has 0 saturated heterocycles. The Morgan fingerprint density at radius 2 is 0.889 bits per heavy atom. The molecule has 2 N–H and O–H groups in total. The van der Waals surface area contributed by atoms with E-state index < -0.39 is 0 Å². The van der Waals surface area contributed by atoms with E-state index in [1.807, 2.05) is 0 Å².